The molecule has 1 aromatic carbocycles. The van der Waals surface area contributed by atoms with Crippen LogP contribution in [0, 0.1) is 0 Å². The summed E-state index contributed by atoms with van der Waals surface area (Å²) in [5, 5.41) is 4.91. The molecule has 6 nitrogen and oxygen atoms in total. The van der Waals surface area contributed by atoms with Gasteiger partial charge in [-0.15, -0.1) is 0 Å². The van der Waals surface area contributed by atoms with E-state index in [-0.39, 0.29) is 11.7 Å². The third-order valence-electron chi connectivity index (χ3n) is 3.51. The van der Waals surface area contributed by atoms with Crippen molar-refractivity contribution in [3.8, 4) is 0 Å². The summed E-state index contributed by atoms with van der Waals surface area (Å²) in [5.41, 5.74) is 6.13. The second-order valence-electron chi connectivity index (χ2n) is 5.20. The van der Waals surface area contributed by atoms with Crippen LogP contribution in [0.1, 0.15) is 12.5 Å². The van der Waals surface area contributed by atoms with E-state index in [4.69, 9.17) is 0 Å². The van der Waals surface area contributed by atoms with Crippen LogP contribution in [0.2, 0.25) is 0 Å². The van der Waals surface area contributed by atoms with Crippen LogP contribution in [-0.2, 0) is 11.8 Å². The number of benzene rings is 1. The van der Waals surface area contributed by atoms with Gasteiger partial charge in [0.1, 0.15) is 0 Å². The van der Waals surface area contributed by atoms with Crippen molar-refractivity contribution in [1.29, 1.82) is 0 Å². The van der Waals surface area contributed by atoms with Crippen molar-refractivity contribution in [2.75, 3.05) is 5.75 Å². The molecule has 122 valence electrons. The molecule has 0 saturated carbocycles. The predicted octanol–water partition coefficient (Wildman–Crippen LogP) is 2.60. The molecule has 2 aromatic heterocycles. The number of nitrogens with one attached hydrogen (secondary N) is 1. The van der Waals surface area contributed by atoms with E-state index in [1.54, 1.807) is 12.4 Å². The van der Waals surface area contributed by atoms with Crippen molar-refractivity contribution in [2.24, 2.45) is 12.1 Å². The van der Waals surface area contributed by atoms with E-state index in [2.05, 4.69) is 20.5 Å². The molecule has 1 amide bonds. The number of rotatable bonds is 5. The molecule has 0 fully saturated rings. The van der Waals surface area contributed by atoms with Gasteiger partial charge in [0, 0.05) is 25.0 Å². The molecule has 0 aliphatic carbocycles. The molecule has 2 heterocycles. The molecule has 24 heavy (non-hydrogen) atoms. The third-order valence-corrected chi connectivity index (χ3v) is 4.54. The van der Waals surface area contributed by atoms with Gasteiger partial charge in [-0.25, -0.2) is 10.4 Å². The van der Waals surface area contributed by atoms with Crippen LogP contribution in [0.25, 0.3) is 11.0 Å². The first-order valence-electron chi connectivity index (χ1n) is 7.43. The molecule has 0 spiro atoms. The molecule has 0 unspecified atom stereocenters. The van der Waals surface area contributed by atoms with E-state index in [1.807, 2.05) is 54.9 Å². The molecule has 0 saturated heterocycles. The molecule has 3 aromatic rings. The molecule has 1 N–H and O–H groups in total. The maximum Gasteiger partial charge on any atom is 0.250 e. The van der Waals surface area contributed by atoms with Gasteiger partial charge in [-0.05, 0) is 25.1 Å². The molecular weight excluding hydrogens is 322 g/mol. The smallest absolute Gasteiger partial charge is 0.250 e. The summed E-state index contributed by atoms with van der Waals surface area (Å²) in [5.74, 6) is 0.0800. The van der Waals surface area contributed by atoms with Crippen LogP contribution in [0.5, 0.6) is 0 Å². The summed E-state index contributed by atoms with van der Waals surface area (Å²) in [6, 6.07) is 11.6. The molecular formula is C17H17N5OS. The van der Waals surface area contributed by atoms with Crippen LogP contribution < -0.4 is 5.43 Å². The minimum absolute atomic E-state index is 0.171. The quantitative estimate of drug-likeness (QED) is 0.441. The number of hydrazone groups is 1. The minimum atomic E-state index is -0.171. The van der Waals surface area contributed by atoms with E-state index >= 15 is 0 Å². The first kappa shape index (κ1) is 16.2. The number of hydrogen-bond acceptors (Lipinski definition) is 5. The Bertz CT molecular complexity index is 888. The topological polar surface area (TPSA) is 72.2 Å². The van der Waals surface area contributed by atoms with Crippen molar-refractivity contribution in [3.63, 3.8) is 0 Å². The summed E-state index contributed by atoms with van der Waals surface area (Å²) in [4.78, 5) is 20.5. The number of aromatic nitrogens is 3. The summed E-state index contributed by atoms with van der Waals surface area (Å²) in [6.45, 7) is 1.83. The maximum absolute atomic E-state index is 12.0. The lowest BCUT2D eigenvalue weighted by molar-refractivity contribution is -0.118. The number of carbonyl (C=O) groups is 1. The zero-order chi connectivity index (χ0) is 16.9. The van der Waals surface area contributed by atoms with Crippen LogP contribution in [0.4, 0.5) is 0 Å². The van der Waals surface area contributed by atoms with Crippen molar-refractivity contribution in [3.05, 3.63) is 54.4 Å². The summed E-state index contributed by atoms with van der Waals surface area (Å²) >= 11 is 1.39. The number of nitrogens with zero attached hydrogens (tertiary/aromatic N) is 4. The monoisotopic (exact) mass is 339 g/mol. The Morgan fingerprint density at radius 2 is 2.12 bits per heavy atom. The SMILES string of the molecule is C/C(=N\NC(=O)CSc1nc2ccccc2n1C)c1cccnc1. The van der Waals surface area contributed by atoms with Crippen LogP contribution >= 0.6 is 11.8 Å². The highest BCUT2D eigenvalue weighted by molar-refractivity contribution is 7.99. The van der Waals surface area contributed by atoms with Gasteiger partial charge in [-0.2, -0.15) is 5.10 Å². The van der Waals surface area contributed by atoms with Crippen LogP contribution in [-0.4, -0.2) is 31.9 Å². The van der Waals surface area contributed by atoms with Gasteiger partial charge in [0.2, 0.25) is 0 Å². The normalized spacial score (nSPS) is 11.7. The number of carbonyl (C=O) groups excluding carboxylic acids is 1. The number of fused-ring (bicyclic) bond motifs is 1. The Kier molecular flexibility index (Phi) is 4.90. The molecule has 7 heteroatoms. The van der Waals surface area contributed by atoms with Crippen molar-refractivity contribution >= 4 is 34.4 Å². The van der Waals surface area contributed by atoms with Crippen LogP contribution in [0.3, 0.4) is 0 Å². The van der Waals surface area contributed by atoms with Gasteiger partial charge in [0.25, 0.3) is 5.91 Å². The number of imidazole rings is 1. The van der Waals surface area contributed by atoms with Crippen LogP contribution in [0.15, 0.2) is 59.0 Å². The minimum Gasteiger partial charge on any atom is -0.322 e. The van der Waals surface area contributed by atoms with E-state index < -0.39 is 0 Å². The van der Waals surface area contributed by atoms with Crippen molar-refractivity contribution in [1.82, 2.24) is 20.0 Å². The standard InChI is InChI=1S/C17H17N5OS/c1-12(13-6-5-9-18-10-13)20-21-16(23)11-24-17-19-14-7-3-4-8-15(14)22(17)2/h3-10H,11H2,1-2H3,(H,21,23)/b20-12+. The summed E-state index contributed by atoms with van der Waals surface area (Å²) < 4.78 is 1.98. The molecule has 0 aliphatic rings. The zero-order valence-corrected chi connectivity index (χ0v) is 14.2. The summed E-state index contributed by atoms with van der Waals surface area (Å²) in [6.07, 6.45) is 3.40. The second kappa shape index (κ2) is 7.27. The molecule has 0 bridgehead atoms. The Hall–Kier alpha value is -2.67. The van der Waals surface area contributed by atoms with Crippen molar-refractivity contribution in [2.45, 2.75) is 12.1 Å². The first-order chi connectivity index (χ1) is 11.6. The van der Waals surface area contributed by atoms with E-state index in [0.717, 1.165) is 21.8 Å². The van der Waals surface area contributed by atoms with Gasteiger partial charge >= 0.3 is 0 Å². The Labute approximate surface area is 144 Å². The number of amides is 1. The summed E-state index contributed by atoms with van der Waals surface area (Å²) in [7, 11) is 1.94. The maximum atomic E-state index is 12.0. The molecule has 0 aliphatic heterocycles. The number of pyridine rings is 1. The predicted molar refractivity (Wildman–Crippen MR) is 96.0 cm³/mol. The molecule has 0 radical (unpaired) electrons. The van der Waals surface area contributed by atoms with E-state index in [0.29, 0.717) is 5.71 Å². The van der Waals surface area contributed by atoms with E-state index in [1.165, 1.54) is 11.8 Å². The van der Waals surface area contributed by atoms with Gasteiger partial charge in [0.05, 0.1) is 22.5 Å². The van der Waals surface area contributed by atoms with Gasteiger partial charge < -0.3 is 4.57 Å². The Morgan fingerprint density at radius 3 is 2.88 bits per heavy atom. The highest BCUT2D eigenvalue weighted by Crippen LogP contribution is 2.22. The van der Waals surface area contributed by atoms with Gasteiger partial charge in [-0.3, -0.25) is 9.78 Å². The number of para-hydroxylation sites is 2. The lowest BCUT2D eigenvalue weighted by atomic mass is 10.2. The number of aryl methyl sites for hydroxylation is 1. The average molecular weight is 339 g/mol. The number of hydrogen-bond donors (Lipinski definition) is 1. The fourth-order valence-electron chi connectivity index (χ4n) is 2.20. The lowest BCUT2D eigenvalue weighted by Crippen LogP contribution is -2.21. The highest BCUT2D eigenvalue weighted by atomic mass is 32.2. The van der Waals surface area contributed by atoms with Crippen molar-refractivity contribution < 1.29 is 4.79 Å². The highest BCUT2D eigenvalue weighted by Gasteiger charge is 2.10. The van der Waals surface area contributed by atoms with Gasteiger partial charge in [0.15, 0.2) is 5.16 Å². The lowest BCUT2D eigenvalue weighted by Gasteiger charge is -2.03. The fourth-order valence-corrected chi connectivity index (χ4v) is 2.98. The third kappa shape index (κ3) is 3.62. The fraction of sp³-hybridized carbons (Fsp3) is 0.176. The Morgan fingerprint density at radius 1 is 1.29 bits per heavy atom. The zero-order valence-electron chi connectivity index (χ0n) is 13.4. The van der Waals surface area contributed by atoms with Gasteiger partial charge in [-0.1, -0.05) is 30.0 Å². The second-order valence-corrected chi connectivity index (χ2v) is 6.15. The molecule has 0 atom stereocenters. The average Bonchev–Trinajstić information content (AvgIpc) is 2.95. The van der Waals surface area contributed by atoms with E-state index in [9.17, 15) is 4.79 Å². The first-order valence-corrected chi connectivity index (χ1v) is 8.41. The largest absolute Gasteiger partial charge is 0.322 e. The molecule has 3 rings (SSSR count). The number of thioether (sulfide) groups is 1. The Balaban J connectivity index is 1.60.